The SMILES string of the molecule is CC.CC(NC=O)C(C)(C)CC#N. The molecule has 1 N–H and O–H groups in total. The lowest BCUT2D eigenvalue weighted by atomic mass is 9.83. The molecule has 3 heteroatoms. The first kappa shape index (κ1) is 14.5. The average Bonchev–Trinajstić information content (AvgIpc) is 2.08. The molecule has 0 aliphatic heterocycles. The molecule has 0 aromatic rings. The Bertz CT molecular complexity index is 170. The van der Waals surface area contributed by atoms with Crippen molar-refractivity contribution >= 4 is 6.41 Å². The monoisotopic (exact) mass is 184 g/mol. The summed E-state index contributed by atoms with van der Waals surface area (Å²) in [6.45, 7) is 9.81. The number of hydrogen-bond acceptors (Lipinski definition) is 2. The van der Waals surface area contributed by atoms with E-state index in [-0.39, 0.29) is 11.5 Å². The standard InChI is InChI=1S/C8H14N2O.C2H6/c1-7(10-6-11)8(2,3)4-5-9;1-2/h6-7H,4H2,1-3H3,(H,10,11);1-2H3. The van der Waals surface area contributed by atoms with E-state index in [9.17, 15) is 4.79 Å². The maximum Gasteiger partial charge on any atom is 0.207 e. The summed E-state index contributed by atoms with van der Waals surface area (Å²) in [6.07, 6.45) is 1.12. The van der Waals surface area contributed by atoms with E-state index in [0.717, 1.165) is 0 Å². The lowest BCUT2D eigenvalue weighted by Gasteiger charge is -2.28. The third-order valence-electron chi connectivity index (χ3n) is 2.02. The number of carbonyl (C=O) groups excluding carboxylic acids is 1. The van der Waals surface area contributed by atoms with Crippen LogP contribution in [-0.4, -0.2) is 12.5 Å². The second kappa shape index (κ2) is 7.60. The predicted molar refractivity (Wildman–Crippen MR) is 54.0 cm³/mol. The Kier molecular flexibility index (Phi) is 8.47. The van der Waals surface area contributed by atoms with Crippen LogP contribution in [0.25, 0.3) is 0 Å². The van der Waals surface area contributed by atoms with E-state index in [0.29, 0.717) is 12.8 Å². The molecule has 0 spiro atoms. The van der Waals surface area contributed by atoms with Crippen molar-refractivity contribution in [3.63, 3.8) is 0 Å². The van der Waals surface area contributed by atoms with Gasteiger partial charge in [-0.05, 0) is 12.3 Å². The van der Waals surface area contributed by atoms with Gasteiger partial charge in [0.15, 0.2) is 0 Å². The minimum Gasteiger partial charge on any atom is -0.356 e. The molecule has 0 fully saturated rings. The third-order valence-corrected chi connectivity index (χ3v) is 2.02. The van der Waals surface area contributed by atoms with Crippen LogP contribution in [0.4, 0.5) is 0 Å². The van der Waals surface area contributed by atoms with Gasteiger partial charge in [0.2, 0.25) is 6.41 Å². The number of nitrogens with zero attached hydrogens (tertiary/aromatic N) is 1. The van der Waals surface area contributed by atoms with Crippen LogP contribution >= 0.6 is 0 Å². The Hall–Kier alpha value is -1.04. The molecular formula is C10H20N2O. The van der Waals surface area contributed by atoms with Crippen LogP contribution in [0.15, 0.2) is 0 Å². The smallest absolute Gasteiger partial charge is 0.207 e. The number of hydrogen-bond donors (Lipinski definition) is 1. The Balaban J connectivity index is 0. The molecule has 1 amide bonds. The predicted octanol–water partition coefficient (Wildman–Crippen LogP) is 2.09. The van der Waals surface area contributed by atoms with Gasteiger partial charge in [-0.1, -0.05) is 27.7 Å². The second-order valence-corrected chi connectivity index (χ2v) is 3.33. The maximum absolute atomic E-state index is 10.1. The normalized spacial score (nSPS) is 11.7. The highest BCUT2D eigenvalue weighted by atomic mass is 16.1. The van der Waals surface area contributed by atoms with Gasteiger partial charge in [0, 0.05) is 12.5 Å². The Morgan fingerprint density at radius 1 is 1.54 bits per heavy atom. The lowest BCUT2D eigenvalue weighted by molar-refractivity contribution is -0.110. The Morgan fingerprint density at radius 2 is 2.00 bits per heavy atom. The summed E-state index contributed by atoms with van der Waals surface area (Å²) >= 11 is 0. The third kappa shape index (κ3) is 6.15. The van der Waals surface area contributed by atoms with Gasteiger partial charge in [0.25, 0.3) is 0 Å². The average molecular weight is 184 g/mol. The van der Waals surface area contributed by atoms with Crippen LogP contribution in [0.2, 0.25) is 0 Å². The zero-order valence-corrected chi connectivity index (χ0v) is 9.22. The summed E-state index contributed by atoms with van der Waals surface area (Å²) in [4.78, 5) is 10.1. The van der Waals surface area contributed by atoms with Crippen molar-refractivity contribution in [2.24, 2.45) is 5.41 Å². The molecule has 1 unspecified atom stereocenters. The van der Waals surface area contributed by atoms with Gasteiger partial charge in [-0.3, -0.25) is 4.79 Å². The number of nitriles is 1. The van der Waals surface area contributed by atoms with Crippen molar-refractivity contribution in [1.29, 1.82) is 5.26 Å². The maximum atomic E-state index is 10.1. The molecule has 0 rings (SSSR count). The van der Waals surface area contributed by atoms with Gasteiger partial charge in [-0.2, -0.15) is 5.26 Å². The summed E-state index contributed by atoms with van der Waals surface area (Å²) in [5, 5.41) is 11.1. The summed E-state index contributed by atoms with van der Waals surface area (Å²) in [7, 11) is 0. The fourth-order valence-corrected chi connectivity index (χ4v) is 0.685. The molecule has 0 saturated carbocycles. The van der Waals surface area contributed by atoms with Crippen molar-refractivity contribution in [3.05, 3.63) is 0 Å². The van der Waals surface area contributed by atoms with E-state index in [4.69, 9.17) is 5.26 Å². The molecule has 0 aliphatic carbocycles. The van der Waals surface area contributed by atoms with Gasteiger partial charge >= 0.3 is 0 Å². The molecule has 0 radical (unpaired) electrons. The Labute approximate surface area is 81.1 Å². The van der Waals surface area contributed by atoms with Crippen molar-refractivity contribution in [2.75, 3.05) is 0 Å². The van der Waals surface area contributed by atoms with E-state index >= 15 is 0 Å². The first-order valence-electron chi connectivity index (χ1n) is 4.61. The van der Waals surface area contributed by atoms with Gasteiger partial charge in [-0.15, -0.1) is 0 Å². The number of nitrogens with one attached hydrogen (secondary N) is 1. The summed E-state index contributed by atoms with van der Waals surface area (Å²) in [5.74, 6) is 0. The van der Waals surface area contributed by atoms with Gasteiger partial charge in [0.1, 0.15) is 0 Å². The van der Waals surface area contributed by atoms with Crippen molar-refractivity contribution in [1.82, 2.24) is 5.32 Å². The summed E-state index contributed by atoms with van der Waals surface area (Å²) in [5.41, 5.74) is -0.143. The minimum absolute atomic E-state index is 0.0413. The first-order chi connectivity index (χ1) is 6.04. The van der Waals surface area contributed by atoms with Gasteiger partial charge in [-0.25, -0.2) is 0 Å². The molecule has 0 saturated heterocycles. The van der Waals surface area contributed by atoms with Crippen LogP contribution in [0.1, 0.15) is 41.0 Å². The Morgan fingerprint density at radius 3 is 2.31 bits per heavy atom. The van der Waals surface area contributed by atoms with Crippen LogP contribution in [0.5, 0.6) is 0 Å². The molecule has 0 aromatic carbocycles. The highest BCUT2D eigenvalue weighted by molar-refractivity contribution is 5.46. The van der Waals surface area contributed by atoms with E-state index in [2.05, 4.69) is 11.4 Å². The molecule has 0 bridgehead atoms. The highest BCUT2D eigenvalue weighted by Crippen LogP contribution is 2.23. The fourth-order valence-electron chi connectivity index (χ4n) is 0.685. The largest absolute Gasteiger partial charge is 0.356 e. The van der Waals surface area contributed by atoms with Crippen LogP contribution in [0, 0.1) is 16.7 Å². The number of carbonyl (C=O) groups is 1. The van der Waals surface area contributed by atoms with E-state index in [1.54, 1.807) is 0 Å². The molecule has 0 heterocycles. The van der Waals surface area contributed by atoms with Gasteiger partial charge in [0.05, 0.1) is 6.07 Å². The molecule has 3 nitrogen and oxygen atoms in total. The van der Waals surface area contributed by atoms with Crippen molar-refractivity contribution < 1.29 is 4.79 Å². The van der Waals surface area contributed by atoms with E-state index in [1.807, 2.05) is 34.6 Å². The summed E-state index contributed by atoms with van der Waals surface area (Å²) in [6, 6.07) is 2.13. The zero-order chi connectivity index (χ0) is 10.9. The minimum atomic E-state index is -0.143. The fraction of sp³-hybridized carbons (Fsp3) is 0.800. The molecule has 0 aromatic heterocycles. The molecule has 76 valence electrons. The van der Waals surface area contributed by atoms with Crippen molar-refractivity contribution in [2.45, 2.75) is 47.1 Å². The van der Waals surface area contributed by atoms with Crippen LogP contribution < -0.4 is 5.32 Å². The van der Waals surface area contributed by atoms with Crippen LogP contribution in [0.3, 0.4) is 0 Å². The second-order valence-electron chi connectivity index (χ2n) is 3.33. The molecule has 1 atom stereocenters. The van der Waals surface area contributed by atoms with E-state index < -0.39 is 0 Å². The lowest BCUT2D eigenvalue weighted by Crippen LogP contribution is -2.38. The number of amides is 1. The zero-order valence-electron chi connectivity index (χ0n) is 9.22. The van der Waals surface area contributed by atoms with Gasteiger partial charge < -0.3 is 5.32 Å². The summed E-state index contributed by atoms with van der Waals surface area (Å²) < 4.78 is 0. The van der Waals surface area contributed by atoms with E-state index in [1.165, 1.54) is 0 Å². The molecular weight excluding hydrogens is 164 g/mol. The van der Waals surface area contributed by atoms with Crippen molar-refractivity contribution in [3.8, 4) is 6.07 Å². The highest BCUT2D eigenvalue weighted by Gasteiger charge is 2.24. The number of rotatable bonds is 4. The first-order valence-corrected chi connectivity index (χ1v) is 4.61. The quantitative estimate of drug-likeness (QED) is 0.680. The molecule has 0 aliphatic rings. The van der Waals surface area contributed by atoms with Crippen LogP contribution in [-0.2, 0) is 4.79 Å². The topological polar surface area (TPSA) is 52.9 Å². The molecule has 13 heavy (non-hydrogen) atoms.